The van der Waals surface area contributed by atoms with Gasteiger partial charge in [-0.25, -0.2) is 9.18 Å². The van der Waals surface area contributed by atoms with Crippen LogP contribution in [-0.4, -0.2) is 64.8 Å². The van der Waals surface area contributed by atoms with E-state index in [9.17, 15) is 18.8 Å². The molecule has 1 aliphatic heterocycles. The van der Waals surface area contributed by atoms with Gasteiger partial charge in [-0.2, -0.15) is 4.99 Å². The number of nitrogens with zero attached hydrogens (tertiary/aromatic N) is 3. The number of ether oxygens (including phenoxy) is 2. The van der Waals surface area contributed by atoms with Gasteiger partial charge in [0, 0.05) is 24.7 Å². The highest BCUT2D eigenvalue weighted by molar-refractivity contribution is 5.95. The fourth-order valence-corrected chi connectivity index (χ4v) is 6.37. The highest BCUT2D eigenvalue weighted by Gasteiger charge is 2.29. The number of aromatic amines is 1. The summed E-state index contributed by atoms with van der Waals surface area (Å²) in [5, 5.41) is 2.91. The molecule has 2 fully saturated rings. The monoisotopic (exact) mass is 621 g/mol. The van der Waals surface area contributed by atoms with Crippen molar-refractivity contribution in [1.82, 2.24) is 19.8 Å². The first kappa shape index (κ1) is 32.4. The number of alkyl carbamates (subject to hydrolysis) is 1. The lowest BCUT2D eigenvalue weighted by Gasteiger charge is -2.32. The van der Waals surface area contributed by atoms with E-state index in [1.54, 1.807) is 0 Å². The van der Waals surface area contributed by atoms with E-state index >= 15 is 0 Å². The van der Waals surface area contributed by atoms with Crippen molar-refractivity contribution in [2.45, 2.75) is 77.5 Å². The average Bonchev–Trinajstić information content (AvgIpc) is 3.36. The fourth-order valence-electron chi connectivity index (χ4n) is 6.37. The van der Waals surface area contributed by atoms with E-state index in [1.165, 1.54) is 31.4 Å². The summed E-state index contributed by atoms with van der Waals surface area (Å²) in [6, 6.07) is 11.7. The molecule has 2 heterocycles. The molecule has 2 amide bonds. The third-order valence-electron chi connectivity index (χ3n) is 8.74. The van der Waals surface area contributed by atoms with Gasteiger partial charge in [-0.05, 0) is 120 Å². The van der Waals surface area contributed by atoms with Crippen LogP contribution in [0.4, 0.5) is 9.18 Å². The van der Waals surface area contributed by atoms with Crippen molar-refractivity contribution in [2.24, 2.45) is 16.8 Å². The highest BCUT2D eigenvalue weighted by atomic mass is 19.1. The normalized spacial score (nSPS) is 20.2. The number of aromatic nitrogens is 2. The van der Waals surface area contributed by atoms with Gasteiger partial charge < -0.3 is 24.3 Å². The Labute approximate surface area is 263 Å². The summed E-state index contributed by atoms with van der Waals surface area (Å²) < 4.78 is 25.9. The van der Waals surface area contributed by atoms with Gasteiger partial charge in [0.2, 0.25) is 5.62 Å². The SMILES string of the molecule is COC(=O)C1CCC(n2/c(=N/C(=O)c3ccc(F)cc3)[nH]c3ccc(CN4CCC(CNC(=O)OC(C)(C)C)CC4)cc32)CC1. The Hall–Kier alpha value is -3.99. The van der Waals surface area contributed by atoms with Crippen LogP contribution in [0.1, 0.15) is 81.3 Å². The molecule has 0 radical (unpaired) electrons. The number of hydrogen-bond acceptors (Lipinski definition) is 6. The van der Waals surface area contributed by atoms with Gasteiger partial charge in [-0.1, -0.05) is 6.07 Å². The zero-order valence-electron chi connectivity index (χ0n) is 26.6. The van der Waals surface area contributed by atoms with Crippen LogP contribution >= 0.6 is 0 Å². The number of esters is 1. The maximum atomic E-state index is 13.5. The summed E-state index contributed by atoms with van der Waals surface area (Å²) in [5.74, 6) is -0.769. The molecule has 1 saturated carbocycles. The van der Waals surface area contributed by atoms with E-state index in [-0.39, 0.29) is 24.0 Å². The number of fused-ring (bicyclic) bond motifs is 1. The van der Waals surface area contributed by atoms with Crippen molar-refractivity contribution < 1.29 is 28.2 Å². The predicted molar refractivity (Wildman–Crippen MR) is 168 cm³/mol. The van der Waals surface area contributed by atoms with Gasteiger partial charge in [0.15, 0.2) is 0 Å². The number of rotatable bonds is 7. The van der Waals surface area contributed by atoms with E-state index in [4.69, 9.17) is 9.47 Å². The van der Waals surface area contributed by atoms with Crippen LogP contribution in [0.5, 0.6) is 0 Å². The Kier molecular flexibility index (Phi) is 10.1. The van der Waals surface area contributed by atoms with Crippen molar-refractivity contribution in [3.8, 4) is 0 Å². The van der Waals surface area contributed by atoms with E-state index in [0.29, 0.717) is 36.5 Å². The number of nitrogens with one attached hydrogen (secondary N) is 2. The minimum Gasteiger partial charge on any atom is -0.469 e. The van der Waals surface area contributed by atoms with Gasteiger partial charge in [0.1, 0.15) is 11.4 Å². The third-order valence-corrected chi connectivity index (χ3v) is 8.74. The summed E-state index contributed by atoms with van der Waals surface area (Å²) in [6.07, 6.45) is 4.49. The van der Waals surface area contributed by atoms with Crippen molar-refractivity contribution in [3.63, 3.8) is 0 Å². The molecule has 10 nitrogen and oxygen atoms in total. The molecular weight excluding hydrogens is 577 g/mol. The maximum absolute atomic E-state index is 13.5. The molecule has 3 aromatic rings. The minimum absolute atomic E-state index is 0.0443. The number of methoxy groups -OCH3 is 1. The van der Waals surface area contributed by atoms with Crippen LogP contribution in [0.25, 0.3) is 11.0 Å². The van der Waals surface area contributed by atoms with Crippen molar-refractivity contribution in [1.29, 1.82) is 0 Å². The third kappa shape index (κ3) is 8.39. The molecule has 0 bridgehead atoms. The molecule has 11 heteroatoms. The number of halogens is 1. The Morgan fingerprint density at radius 2 is 1.69 bits per heavy atom. The van der Waals surface area contributed by atoms with Crippen LogP contribution in [0, 0.1) is 17.7 Å². The van der Waals surface area contributed by atoms with Crippen LogP contribution in [0.2, 0.25) is 0 Å². The second-order valence-corrected chi connectivity index (χ2v) is 13.2. The molecule has 1 saturated heterocycles. The average molecular weight is 622 g/mol. The second-order valence-electron chi connectivity index (χ2n) is 13.2. The van der Waals surface area contributed by atoms with Gasteiger partial charge in [-0.3, -0.25) is 14.5 Å². The van der Waals surface area contributed by atoms with Crippen molar-refractivity contribution in [3.05, 3.63) is 65.0 Å². The molecule has 45 heavy (non-hydrogen) atoms. The van der Waals surface area contributed by atoms with Crippen molar-refractivity contribution in [2.75, 3.05) is 26.7 Å². The van der Waals surface area contributed by atoms with Crippen LogP contribution in [-0.2, 0) is 20.8 Å². The number of carbonyl (C=O) groups excluding carboxylic acids is 3. The zero-order valence-corrected chi connectivity index (χ0v) is 26.6. The topological polar surface area (TPSA) is 118 Å². The summed E-state index contributed by atoms with van der Waals surface area (Å²) in [6.45, 7) is 8.82. The molecule has 1 aliphatic carbocycles. The molecule has 0 atom stereocenters. The highest BCUT2D eigenvalue weighted by Crippen LogP contribution is 2.34. The van der Waals surface area contributed by atoms with Gasteiger partial charge in [-0.15, -0.1) is 0 Å². The number of hydrogen-bond donors (Lipinski definition) is 2. The number of piperidine rings is 1. The molecule has 1 aromatic heterocycles. The van der Waals surface area contributed by atoms with E-state index in [0.717, 1.165) is 61.9 Å². The van der Waals surface area contributed by atoms with Gasteiger partial charge in [0.05, 0.1) is 24.1 Å². The number of imidazole rings is 1. The summed E-state index contributed by atoms with van der Waals surface area (Å²) in [7, 11) is 1.42. The van der Waals surface area contributed by atoms with Gasteiger partial charge >= 0.3 is 12.1 Å². The maximum Gasteiger partial charge on any atom is 0.407 e. The first-order valence-electron chi connectivity index (χ1n) is 15.8. The second kappa shape index (κ2) is 14.0. The predicted octanol–water partition coefficient (Wildman–Crippen LogP) is 5.49. The Morgan fingerprint density at radius 1 is 1.00 bits per heavy atom. The molecule has 0 spiro atoms. The number of amides is 2. The Bertz CT molecular complexity index is 1570. The standard InChI is InChI=1S/C34H44FN5O5/c1-34(2,3)45-33(43)36-20-22-15-17-39(18-16-22)21-23-5-14-28-29(19-23)40(27-12-8-25(9-13-27)31(42)44-4)32(37-28)38-30(41)24-6-10-26(35)11-7-24/h5-7,10-11,14,19,22,25,27H,8-9,12-13,15-18,20-21H2,1-4H3,(H,36,43)(H,37,38,41). The van der Waals surface area contributed by atoms with Crippen LogP contribution < -0.4 is 10.9 Å². The zero-order chi connectivity index (χ0) is 32.1. The molecule has 2 aliphatic rings. The summed E-state index contributed by atoms with van der Waals surface area (Å²) in [4.78, 5) is 47.6. The van der Waals surface area contributed by atoms with Crippen LogP contribution in [0.15, 0.2) is 47.5 Å². The first-order valence-corrected chi connectivity index (χ1v) is 15.8. The van der Waals surface area contributed by atoms with Crippen LogP contribution in [0.3, 0.4) is 0 Å². The lowest BCUT2D eigenvalue weighted by Crippen LogP contribution is -2.40. The van der Waals surface area contributed by atoms with E-state index in [2.05, 4.69) is 36.9 Å². The lowest BCUT2D eigenvalue weighted by atomic mass is 9.86. The Morgan fingerprint density at radius 3 is 2.33 bits per heavy atom. The molecule has 0 unspecified atom stereocenters. The number of likely N-dealkylation sites (tertiary alicyclic amines) is 1. The summed E-state index contributed by atoms with van der Waals surface area (Å²) in [5.41, 5.74) is 3.21. The lowest BCUT2D eigenvalue weighted by molar-refractivity contribution is -0.146. The first-order chi connectivity index (χ1) is 21.5. The Balaban J connectivity index is 1.33. The quantitative estimate of drug-likeness (QED) is 0.337. The smallest absolute Gasteiger partial charge is 0.407 e. The fraction of sp³-hybridized carbons (Fsp3) is 0.529. The molecular formula is C34H44FN5O5. The van der Waals surface area contributed by atoms with Gasteiger partial charge in [0.25, 0.3) is 5.91 Å². The largest absolute Gasteiger partial charge is 0.469 e. The molecule has 242 valence electrons. The van der Waals surface area contributed by atoms with E-state index < -0.39 is 17.3 Å². The number of benzene rings is 2. The van der Waals surface area contributed by atoms with E-state index in [1.807, 2.05) is 26.8 Å². The van der Waals surface area contributed by atoms with Crippen molar-refractivity contribution >= 4 is 29.0 Å². The number of carbonyl (C=O) groups is 3. The molecule has 2 N–H and O–H groups in total. The minimum atomic E-state index is -0.512. The summed E-state index contributed by atoms with van der Waals surface area (Å²) >= 11 is 0. The molecule has 2 aromatic carbocycles. The number of H-pyrrole nitrogens is 1. The molecule has 5 rings (SSSR count).